The third-order valence-electron chi connectivity index (χ3n) is 1.74. The normalized spacial score (nSPS) is 10.9. The topological polar surface area (TPSA) is 88.7 Å². The predicted octanol–water partition coefficient (Wildman–Crippen LogP) is -0.225. The molecule has 0 atom stereocenters. The van der Waals surface area contributed by atoms with Gasteiger partial charge in [-0.15, -0.1) is 0 Å². The van der Waals surface area contributed by atoms with E-state index in [9.17, 15) is 4.79 Å². The van der Waals surface area contributed by atoms with E-state index in [2.05, 4.69) is 10.1 Å². The number of aliphatic carboxylic acids is 1. The number of hydrogen-bond donors (Lipinski definition) is 1. The van der Waals surface area contributed by atoms with E-state index >= 15 is 0 Å². The average molecular weight is 229 g/mol. The number of carboxylic acid groups (broad SMARTS) is 1. The molecule has 0 unspecified atom stereocenters. The lowest BCUT2D eigenvalue weighted by molar-refractivity contribution is -0.142. The van der Waals surface area contributed by atoms with Crippen LogP contribution in [0, 0.1) is 0 Å². The highest BCUT2D eigenvalue weighted by Crippen LogP contribution is 2.00. The molecule has 0 fully saturated rings. The molecule has 0 aliphatic heterocycles. The van der Waals surface area contributed by atoms with E-state index in [0.717, 1.165) is 6.54 Å². The molecule has 1 aromatic heterocycles. The van der Waals surface area contributed by atoms with Crippen molar-refractivity contribution < 1.29 is 19.2 Å². The van der Waals surface area contributed by atoms with Gasteiger partial charge >= 0.3 is 5.97 Å². The van der Waals surface area contributed by atoms with Crippen LogP contribution in [0.25, 0.3) is 0 Å². The summed E-state index contributed by atoms with van der Waals surface area (Å²) in [5.41, 5.74) is 0. The van der Waals surface area contributed by atoms with Gasteiger partial charge in [-0.25, -0.2) is 4.79 Å². The molecule has 0 aromatic carbocycles. The highest BCUT2D eigenvalue weighted by atomic mass is 16.5. The van der Waals surface area contributed by atoms with E-state index in [1.54, 1.807) is 0 Å². The molecule has 1 N–H and O–H groups in total. The Morgan fingerprint density at radius 2 is 2.31 bits per heavy atom. The minimum absolute atomic E-state index is 0.0290. The second-order valence-electron chi connectivity index (χ2n) is 3.54. The lowest BCUT2D eigenvalue weighted by atomic mass is 10.4. The summed E-state index contributed by atoms with van der Waals surface area (Å²) in [4.78, 5) is 16.2. The summed E-state index contributed by atoms with van der Waals surface area (Å²) in [5, 5.41) is 12.1. The number of nitrogens with zero attached hydrogens (tertiary/aromatic N) is 3. The van der Waals surface area contributed by atoms with Gasteiger partial charge in [-0.1, -0.05) is 5.16 Å². The Kier molecular flexibility index (Phi) is 4.87. The van der Waals surface area contributed by atoms with Gasteiger partial charge in [-0.05, 0) is 14.1 Å². The number of hydrogen-bond acceptors (Lipinski definition) is 6. The molecule has 0 saturated carbocycles. The Bertz CT molecular complexity index is 337. The molecule has 7 heteroatoms. The van der Waals surface area contributed by atoms with Gasteiger partial charge in [-0.3, -0.25) is 0 Å². The van der Waals surface area contributed by atoms with Crippen LogP contribution in [0.15, 0.2) is 4.52 Å². The van der Waals surface area contributed by atoms with Gasteiger partial charge in [0.15, 0.2) is 5.82 Å². The minimum atomic E-state index is -1.02. The Labute approximate surface area is 93.0 Å². The van der Waals surface area contributed by atoms with E-state index in [4.69, 9.17) is 14.4 Å². The maximum absolute atomic E-state index is 10.2. The second kappa shape index (κ2) is 6.19. The number of rotatable bonds is 7. The van der Waals surface area contributed by atoms with Gasteiger partial charge in [0.25, 0.3) is 5.89 Å². The third kappa shape index (κ3) is 4.85. The zero-order valence-corrected chi connectivity index (χ0v) is 9.34. The van der Waals surface area contributed by atoms with Crippen LogP contribution in [0.5, 0.6) is 0 Å². The van der Waals surface area contributed by atoms with Crippen molar-refractivity contribution in [3.63, 3.8) is 0 Å². The molecule has 0 aliphatic carbocycles. The molecule has 0 amide bonds. The van der Waals surface area contributed by atoms with E-state index < -0.39 is 5.97 Å². The zero-order chi connectivity index (χ0) is 12.0. The van der Waals surface area contributed by atoms with Crippen LogP contribution in [-0.2, 0) is 22.6 Å². The van der Waals surface area contributed by atoms with Gasteiger partial charge in [0, 0.05) is 13.0 Å². The maximum atomic E-state index is 10.2. The molecular weight excluding hydrogens is 214 g/mol. The summed E-state index contributed by atoms with van der Waals surface area (Å²) in [6, 6.07) is 0. The fourth-order valence-electron chi connectivity index (χ4n) is 1.000. The molecule has 16 heavy (non-hydrogen) atoms. The molecule has 7 nitrogen and oxygen atoms in total. The van der Waals surface area contributed by atoms with Crippen LogP contribution in [0.3, 0.4) is 0 Å². The summed E-state index contributed by atoms with van der Waals surface area (Å²) in [6.45, 7) is 0.492. The third-order valence-corrected chi connectivity index (χ3v) is 1.74. The first-order valence-corrected chi connectivity index (χ1v) is 4.83. The first-order chi connectivity index (χ1) is 7.58. The van der Waals surface area contributed by atoms with Crippen LogP contribution in [0.4, 0.5) is 0 Å². The maximum Gasteiger partial charge on any atom is 0.329 e. The SMILES string of the molecule is CN(C)CCc1noc(COCC(=O)O)n1. The van der Waals surface area contributed by atoms with Gasteiger partial charge in [0.2, 0.25) is 0 Å². The molecule has 0 aliphatic rings. The largest absolute Gasteiger partial charge is 0.480 e. The zero-order valence-electron chi connectivity index (χ0n) is 9.34. The van der Waals surface area contributed by atoms with E-state index in [1.807, 2.05) is 19.0 Å². The Balaban J connectivity index is 2.30. The van der Waals surface area contributed by atoms with Crippen molar-refractivity contribution >= 4 is 5.97 Å². The molecule has 1 heterocycles. The van der Waals surface area contributed by atoms with Crippen molar-refractivity contribution in [2.75, 3.05) is 27.2 Å². The summed E-state index contributed by atoms with van der Waals surface area (Å²) in [7, 11) is 3.91. The molecule has 1 aromatic rings. The lowest BCUT2D eigenvalue weighted by Crippen LogP contribution is -2.15. The minimum Gasteiger partial charge on any atom is -0.480 e. The highest BCUT2D eigenvalue weighted by molar-refractivity contribution is 5.67. The van der Waals surface area contributed by atoms with Crippen molar-refractivity contribution in [1.82, 2.24) is 15.0 Å². The Morgan fingerprint density at radius 3 is 2.94 bits per heavy atom. The molecule has 0 bridgehead atoms. The van der Waals surface area contributed by atoms with Crippen LogP contribution in [0.1, 0.15) is 11.7 Å². The smallest absolute Gasteiger partial charge is 0.329 e. The average Bonchev–Trinajstić information content (AvgIpc) is 2.62. The van der Waals surface area contributed by atoms with Crippen LogP contribution in [0.2, 0.25) is 0 Å². The van der Waals surface area contributed by atoms with E-state index in [0.29, 0.717) is 18.1 Å². The van der Waals surface area contributed by atoms with E-state index in [-0.39, 0.29) is 13.2 Å². The quantitative estimate of drug-likeness (QED) is 0.691. The van der Waals surface area contributed by atoms with Crippen molar-refractivity contribution in [1.29, 1.82) is 0 Å². The molecule has 0 spiro atoms. The van der Waals surface area contributed by atoms with Crippen molar-refractivity contribution in [3.05, 3.63) is 11.7 Å². The molecule has 0 saturated heterocycles. The second-order valence-corrected chi connectivity index (χ2v) is 3.54. The van der Waals surface area contributed by atoms with E-state index in [1.165, 1.54) is 0 Å². The molecule has 1 rings (SSSR count). The molecule has 0 radical (unpaired) electrons. The number of aromatic nitrogens is 2. The summed E-state index contributed by atoms with van der Waals surface area (Å²) >= 11 is 0. The number of carbonyl (C=O) groups is 1. The van der Waals surface area contributed by atoms with Gasteiger partial charge in [-0.2, -0.15) is 4.98 Å². The van der Waals surface area contributed by atoms with Crippen molar-refractivity contribution in [3.8, 4) is 0 Å². The van der Waals surface area contributed by atoms with Crippen LogP contribution >= 0.6 is 0 Å². The highest BCUT2D eigenvalue weighted by Gasteiger charge is 2.07. The van der Waals surface area contributed by atoms with Gasteiger partial charge in [0.05, 0.1) is 0 Å². The Morgan fingerprint density at radius 1 is 1.56 bits per heavy atom. The molecular formula is C9H15N3O4. The summed E-state index contributed by atoms with van der Waals surface area (Å²) in [5.74, 6) is -0.120. The van der Waals surface area contributed by atoms with Gasteiger partial charge in [0.1, 0.15) is 13.2 Å². The number of carboxylic acids is 1. The van der Waals surface area contributed by atoms with Crippen LogP contribution < -0.4 is 0 Å². The van der Waals surface area contributed by atoms with Gasteiger partial charge < -0.3 is 19.3 Å². The summed E-state index contributed by atoms with van der Waals surface area (Å²) in [6.07, 6.45) is 0.690. The summed E-state index contributed by atoms with van der Waals surface area (Å²) < 4.78 is 9.70. The van der Waals surface area contributed by atoms with Crippen molar-refractivity contribution in [2.45, 2.75) is 13.0 Å². The first-order valence-electron chi connectivity index (χ1n) is 4.83. The lowest BCUT2D eigenvalue weighted by Gasteiger charge is -2.05. The fourth-order valence-corrected chi connectivity index (χ4v) is 1.000. The predicted molar refractivity (Wildman–Crippen MR) is 53.8 cm³/mol. The number of likely N-dealkylation sites (N-methyl/N-ethyl adjacent to an activating group) is 1. The van der Waals surface area contributed by atoms with Crippen molar-refractivity contribution in [2.24, 2.45) is 0 Å². The number of ether oxygens (including phenoxy) is 1. The monoisotopic (exact) mass is 229 g/mol. The fraction of sp³-hybridized carbons (Fsp3) is 0.667. The standard InChI is InChI=1S/C9H15N3O4/c1-12(2)4-3-7-10-8(16-11-7)5-15-6-9(13)14/h3-6H2,1-2H3,(H,13,14). The molecule has 90 valence electrons. The van der Waals surface area contributed by atoms with Crippen LogP contribution in [-0.4, -0.2) is 53.4 Å². The Hall–Kier alpha value is -1.47. The first kappa shape index (κ1) is 12.6.